The van der Waals surface area contributed by atoms with Crippen LogP contribution in [-0.2, 0) is 9.59 Å². The Morgan fingerprint density at radius 1 is 1.06 bits per heavy atom. The van der Waals surface area contributed by atoms with Crippen molar-refractivity contribution in [1.29, 1.82) is 0 Å². The van der Waals surface area contributed by atoms with Crippen molar-refractivity contribution in [2.75, 3.05) is 38.1 Å². The number of hydrogen-bond donors (Lipinski definition) is 1. The maximum absolute atomic E-state index is 13.3. The Kier molecular flexibility index (Phi) is 6.66. The van der Waals surface area contributed by atoms with Gasteiger partial charge in [-0.05, 0) is 42.0 Å². The van der Waals surface area contributed by atoms with Gasteiger partial charge in [-0.15, -0.1) is 0 Å². The number of anilines is 2. The van der Waals surface area contributed by atoms with Gasteiger partial charge in [0.15, 0.2) is 0 Å². The topological polar surface area (TPSA) is 92.2 Å². The number of methoxy groups -OCH3 is 2. The molecule has 1 aromatic heterocycles. The van der Waals surface area contributed by atoms with Crippen LogP contribution in [0.2, 0.25) is 5.02 Å². The van der Waals surface area contributed by atoms with Crippen LogP contribution in [0, 0.1) is 0 Å². The molecule has 0 bridgehead atoms. The fourth-order valence-corrected chi connectivity index (χ4v) is 4.28. The number of ketones is 1. The zero-order valence-electron chi connectivity index (χ0n) is 19.7. The number of hydrogen-bond acceptors (Lipinski definition) is 7. The first kappa shape index (κ1) is 24.1. The molecule has 1 atom stereocenters. The monoisotopic (exact) mass is 493 g/mol. The predicted molar refractivity (Wildman–Crippen MR) is 134 cm³/mol. The van der Waals surface area contributed by atoms with E-state index in [0.29, 0.717) is 11.3 Å². The van der Waals surface area contributed by atoms with Gasteiger partial charge < -0.3 is 19.5 Å². The minimum Gasteiger partial charge on any atom is -0.507 e. The van der Waals surface area contributed by atoms with Crippen LogP contribution >= 0.6 is 11.6 Å². The van der Waals surface area contributed by atoms with Crippen molar-refractivity contribution in [2.24, 2.45) is 0 Å². The van der Waals surface area contributed by atoms with E-state index in [0.717, 1.165) is 5.69 Å². The Morgan fingerprint density at radius 2 is 1.74 bits per heavy atom. The number of Topliss-reactive ketones (excluding diaryl/α,β-unsaturated/α-hetero) is 1. The molecule has 0 aliphatic carbocycles. The molecule has 1 N–H and O–H groups in total. The van der Waals surface area contributed by atoms with Gasteiger partial charge in [0.25, 0.3) is 11.7 Å². The van der Waals surface area contributed by atoms with Gasteiger partial charge in [0.1, 0.15) is 17.3 Å². The SMILES string of the molecule is COc1cc(/C(O)=C2\C(=O)C(=O)N(c3ccc(N(C)C)cc3)C2c2cccnc2)c(OC)cc1Cl. The number of carbonyl (C=O) groups is 2. The number of benzene rings is 2. The summed E-state index contributed by atoms with van der Waals surface area (Å²) < 4.78 is 10.7. The number of rotatable bonds is 6. The van der Waals surface area contributed by atoms with Gasteiger partial charge in [-0.1, -0.05) is 17.7 Å². The highest BCUT2D eigenvalue weighted by molar-refractivity contribution is 6.51. The number of aromatic nitrogens is 1. The molecule has 2 heterocycles. The van der Waals surface area contributed by atoms with Gasteiger partial charge >= 0.3 is 0 Å². The summed E-state index contributed by atoms with van der Waals surface area (Å²) >= 11 is 6.22. The largest absolute Gasteiger partial charge is 0.507 e. The minimum absolute atomic E-state index is 0.0950. The van der Waals surface area contributed by atoms with Crippen molar-refractivity contribution in [3.05, 3.63) is 82.6 Å². The first-order valence-corrected chi connectivity index (χ1v) is 11.1. The third-order valence-corrected chi connectivity index (χ3v) is 6.11. The molecular weight excluding hydrogens is 470 g/mol. The molecule has 35 heavy (non-hydrogen) atoms. The fraction of sp³-hybridized carbons (Fsp3) is 0.192. The van der Waals surface area contributed by atoms with Crippen LogP contribution in [0.5, 0.6) is 11.5 Å². The van der Waals surface area contributed by atoms with Crippen molar-refractivity contribution < 1.29 is 24.2 Å². The minimum atomic E-state index is -0.916. The second kappa shape index (κ2) is 9.68. The normalized spacial score (nSPS) is 16.9. The number of nitrogens with zero attached hydrogens (tertiary/aromatic N) is 3. The van der Waals surface area contributed by atoms with E-state index in [1.165, 1.54) is 31.3 Å². The molecule has 3 aromatic rings. The van der Waals surface area contributed by atoms with Crippen LogP contribution in [0.25, 0.3) is 5.76 Å². The lowest BCUT2D eigenvalue weighted by Crippen LogP contribution is -2.29. The molecule has 0 spiro atoms. The van der Waals surface area contributed by atoms with E-state index in [-0.39, 0.29) is 27.7 Å². The van der Waals surface area contributed by atoms with Gasteiger partial charge in [-0.3, -0.25) is 19.5 Å². The summed E-state index contributed by atoms with van der Waals surface area (Å²) in [6, 6.07) is 12.7. The molecule has 1 saturated heterocycles. The first-order valence-electron chi connectivity index (χ1n) is 10.7. The van der Waals surface area contributed by atoms with Gasteiger partial charge in [-0.2, -0.15) is 0 Å². The number of pyridine rings is 1. The summed E-state index contributed by atoms with van der Waals surface area (Å²) in [6.45, 7) is 0. The van der Waals surface area contributed by atoms with Crippen molar-refractivity contribution in [3.63, 3.8) is 0 Å². The second-order valence-corrected chi connectivity index (χ2v) is 8.46. The summed E-state index contributed by atoms with van der Waals surface area (Å²) in [5.74, 6) is -1.50. The molecule has 1 aliphatic rings. The summed E-state index contributed by atoms with van der Waals surface area (Å²) in [7, 11) is 6.66. The predicted octanol–water partition coefficient (Wildman–Crippen LogP) is 4.44. The average molecular weight is 494 g/mol. The molecule has 0 radical (unpaired) electrons. The highest BCUT2D eigenvalue weighted by Crippen LogP contribution is 2.44. The third kappa shape index (κ3) is 4.28. The number of carbonyl (C=O) groups excluding carboxylic acids is 2. The Morgan fingerprint density at radius 3 is 2.31 bits per heavy atom. The molecule has 1 amide bonds. The molecule has 4 rings (SSSR count). The Balaban J connectivity index is 1.95. The van der Waals surface area contributed by atoms with E-state index in [4.69, 9.17) is 21.1 Å². The molecular formula is C26H24ClN3O5. The van der Waals surface area contributed by atoms with Crippen LogP contribution in [0.15, 0.2) is 66.5 Å². The molecule has 2 aromatic carbocycles. The maximum atomic E-state index is 13.3. The van der Waals surface area contributed by atoms with E-state index in [9.17, 15) is 14.7 Å². The molecule has 8 nitrogen and oxygen atoms in total. The smallest absolute Gasteiger partial charge is 0.300 e. The zero-order chi connectivity index (χ0) is 25.3. The third-order valence-electron chi connectivity index (χ3n) is 5.82. The number of aliphatic hydroxyl groups is 1. The first-order chi connectivity index (χ1) is 16.8. The van der Waals surface area contributed by atoms with Crippen molar-refractivity contribution in [3.8, 4) is 11.5 Å². The van der Waals surface area contributed by atoms with Gasteiger partial charge in [-0.25, -0.2) is 0 Å². The highest BCUT2D eigenvalue weighted by atomic mass is 35.5. The zero-order valence-corrected chi connectivity index (χ0v) is 20.4. The van der Waals surface area contributed by atoms with E-state index in [2.05, 4.69) is 4.98 Å². The van der Waals surface area contributed by atoms with Crippen molar-refractivity contribution in [1.82, 2.24) is 4.98 Å². The lowest BCUT2D eigenvalue weighted by atomic mass is 9.95. The summed E-state index contributed by atoms with van der Waals surface area (Å²) in [5, 5.41) is 11.7. The maximum Gasteiger partial charge on any atom is 0.300 e. The second-order valence-electron chi connectivity index (χ2n) is 8.05. The Labute approximate surface area is 208 Å². The molecule has 1 aliphatic heterocycles. The van der Waals surface area contributed by atoms with Crippen LogP contribution < -0.4 is 19.3 Å². The van der Waals surface area contributed by atoms with E-state index < -0.39 is 23.5 Å². The van der Waals surface area contributed by atoms with E-state index in [1.54, 1.807) is 36.7 Å². The molecule has 0 saturated carbocycles. The van der Waals surface area contributed by atoms with E-state index in [1.807, 2.05) is 31.1 Å². The standard InChI is InChI=1S/C26H24ClN3O5/c1-29(2)16-7-9-17(10-8-16)30-23(15-6-5-11-28-14-15)22(25(32)26(30)33)24(31)18-12-21(35-4)19(27)13-20(18)34-3/h5-14,23,31H,1-4H3/b24-22+. The molecule has 1 unspecified atom stereocenters. The van der Waals surface area contributed by atoms with Gasteiger partial charge in [0, 0.05) is 43.9 Å². The molecule has 1 fully saturated rings. The van der Waals surface area contributed by atoms with Gasteiger partial charge in [0.05, 0.1) is 36.4 Å². The highest BCUT2D eigenvalue weighted by Gasteiger charge is 2.47. The summed E-state index contributed by atoms with van der Waals surface area (Å²) in [4.78, 5) is 34.1. The van der Waals surface area contributed by atoms with Gasteiger partial charge in [0.2, 0.25) is 0 Å². The molecule has 9 heteroatoms. The average Bonchev–Trinajstić information content (AvgIpc) is 3.14. The lowest BCUT2D eigenvalue weighted by Gasteiger charge is -2.26. The summed E-state index contributed by atoms with van der Waals surface area (Å²) in [5.41, 5.74) is 2.07. The number of halogens is 1. The van der Waals surface area contributed by atoms with Crippen molar-refractivity contribution >= 4 is 40.4 Å². The van der Waals surface area contributed by atoms with Crippen LogP contribution in [0.1, 0.15) is 17.2 Å². The van der Waals surface area contributed by atoms with Crippen LogP contribution in [0.4, 0.5) is 11.4 Å². The fourth-order valence-electron chi connectivity index (χ4n) is 4.05. The Bertz CT molecular complexity index is 1310. The summed E-state index contributed by atoms with van der Waals surface area (Å²) in [6.07, 6.45) is 3.15. The molecule has 180 valence electrons. The van der Waals surface area contributed by atoms with Crippen LogP contribution in [0.3, 0.4) is 0 Å². The quantitative estimate of drug-likeness (QED) is 0.308. The Hall–Kier alpha value is -4.04. The number of amides is 1. The number of aliphatic hydroxyl groups excluding tert-OH is 1. The van der Waals surface area contributed by atoms with E-state index >= 15 is 0 Å². The van der Waals surface area contributed by atoms with Crippen LogP contribution in [-0.4, -0.2) is 50.1 Å². The lowest BCUT2D eigenvalue weighted by molar-refractivity contribution is -0.132. The number of ether oxygens (including phenoxy) is 2. The van der Waals surface area contributed by atoms with Crippen molar-refractivity contribution in [2.45, 2.75) is 6.04 Å².